The Bertz CT molecular complexity index is 1180. The Balaban J connectivity index is 1.14. The standard InChI is InChI=1S/C26H20ClNO5/c27-15-5-1-13(2-6-15)21(29)12-33-26(32)14-3-7-16(8-4-14)28-24(30)22-17-9-10-18(20-11-19(17)20)23(22)25(28)31/h1-10,17-20,22-23H,11-12H2/t17-,18+,19-,20-,22+,23+/m1/s1. The van der Waals surface area contributed by atoms with Gasteiger partial charge >= 0.3 is 5.97 Å². The Hall–Kier alpha value is -3.25. The molecule has 0 spiro atoms. The average molecular weight is 462 g/mol. The molecule has 1 saturated heterocycles. The minimum absolute atomic E-state index is 0.140. The van der Waals surface area contributed by atoms with Gasteiger partial charge in [0, 0.05) is 10.6 Å². The SMILES string of the molecule is O=C(COC(=O)c1ccc(N2C(=O)[C@H]3[C@@H]4C=C[C@@H]([C@H]5C[C@H]45)[C@@H]3C2=O)cc1)c1ccc(Cl)cc1. The van der Waals surface area contributed by atoms with Crippen LogP contribution in [0, 0.1) is 35.5 Å². The third-order valence-electron chi connectivity index (χ3n) is 7.52. The highest BCUT2D eigenvalue weighted by Gasteiger charge is 2.67. The fraction of sp³-hybridized carbons (Fsp3) is 0.308. The van der Waals surface area contributed by atoms with Gasteiger partial charge in [0.15, 0.2) is 12.4 Å². The number of hydrogen-bond donors (Lipinski definition) is 0. The van der Waals surface area contributed by atoms with Crippen LogP contribution in [0.1, 0.15) is 27.1 Å². The van der Waals surface area contributed by atoms with E-state index >= 15 is 0 Å². The number of Topliss-reactive ketones (excluding diaryl/α,β-unsaturated/α-hetero) is 1. The second kappa shape index (κ2) is 7.39. The number of ether oxygens (including phenoxy) is 1. The summed E-state index contributed by atoms with van der Waals surface area (Å²) in [5.41, 5.74) is 1.10. The lowest BCUT2D eigenvalue weighted by Crippen LogP contribution is -2.40. The first-order valence-corrected chi connectivity index (χ1v) is 11.4. The number of ketones is 1. The number of esters is 1. The Morgan fingerprint density at radius 3 is 1.97 bits per heavy atom. The van der Waals surface area contributed by atoms with Crippen molar-refractivity contribution in [2.45, 2.75) is 6.42 Å². The number of carbonyl (C=O) groups is 4. The van der Waals surface area contributed by atoms with Gasteiger partial charge in [-0.2, -0.15) is 0 Å². The number of halogens is 1. The zero-order valence-corrected chi connectivity index (χ0v) is 18.3. The predicted octanol–water partition coefficient (Wildman–Crippen LogP) is 3.94. The van der Waals surface area contributed by atoms with Crippen LogP contribution in [0.2, 0.25) is 5.02 Å². The molecular formula is C26H20ClNO5. The molecule has 2 aromatic carbocycles. The van der Waals surface area contributed by atoms with Crippen LogP contribution in [0.5, 0.6) is 0 Å². The van der Waals surface area contributed by atoms with Crippen LogP contribution in [0.3, 0.4) is 0 Å². The molecular weight excluding hydrogens is 442 g/mol. The van der Waals surface area contributed by atoms with E-state index in [0.717, 1.165) is 6.42 Å². The van der Waals surface area contributed by atoms with Crippen LogP contribution in [-0.4, -0.2) is 30.2 Å². The van der Waals surface area contributed by atoms with E-state index in [-0.39, 0.29) is 46.8 Å². The Kier molecular flexibility index (Phi) is 4.56. The second-order valence-electron chi connectivity index (χ2n) is 9.22. The van der Waals surface area contributed by atoms with E-state index in [1.165, 1.54) is 17.0 Å². The van der Waals surface area contributed by atoms with Crippen LogP contribution < -0.4 is 4.90 Å². The predicted molar refractivity (Wildman–Crippen MR) is 120 cm³/mol. The highest BCUT2D eigenvalue weighted by molar-refractivity contribution is 6.30. The molecule has 7 rings (SSSR count). The molecule has 2 bridgehead atoms. The first-order valence-electron chi connectivity index (χ1n) is 11.1. The number of carbonyl (C=O) groups excluding carboxylic acids is 4. The van der Waals surface area contributed by atoms with Crippen molar-refractivity contribution >= 4 is 40.9 Å². The lowest BCUT2D eigenvalue weighted by molar-refractivity contribution is -0.124. The van der Waals surface area contributed by atoms with E-state index < -0.39 is 12.6 Å². The molecule has 0 N–H and O–H groups in total. The van der Waals surface area contributed by atoms with E-state index in [1.54, 1.807) is 36.4 Å². The van der Waals surface area contributed by atoms with Gasteiger partial charge < -0.3 is 4.74 Å². The van der Waals surface area contributed by atoms with E-state index in [1.807, 2.05) is 0 Å². The number of imide groups is 1. The number of anilines is 1. The number of nitrogens with zero attached hydrogens (tertiary/aromatic N) is 1. The first kappa shape index (κ1) is 20.4. The molecule has 4 aliphatic carbocycles. The van der Waals surface area contributed by atoms with Gasteiger partial charge in [0.25, 0.3) is 0 Å². The Morgan fingerprint density at radius 2 is 1.39 bits per heavy atom. The summed E-state index contributed by atoms with van der Waals surface area (Å²) in [5, 5.41) is 0.513. The molecule has 2 saturated carbocycles. The zero-order chi connectivity index (χ0) is 22.9. The minimum atomic E-state index is -0.654. The Morgan fingerprint density at radius 1 is 0.848 bits per heavy atom. The van der Waals surface area contributed by atoms with Crippen molar-refractivity contribution in [3.8, 4) is 0 Å². The number of benzene rings is 2. The molecule has 0 aromatic heterocycles. The molecule has 2 amide bonds. The summed E-state index contributed by atoms with van der Waals surface area (Å²) in [6.07, 6.45) is 5.39. The molecule has 3 fully saturated rings. The van der Waals surface area contributed by atoms with Crippen molar-refractivity contribution in [3.05, 3.63) is 76.8 Å². The lowest BCUT2D eigenvalue weighted by Gasteiger charge is -2.37. The van der Waals surface area contributed by atoms with E-state index in [9.17, 15) is 19.2 Å². The van der Waals surface area contributed by atoms with Crippen LogP contribution in [0.4, 0.5) is 5.69 Å². The summed E-state index contributed by atoms with van der Waals surface area (Å²) < 4.78 is 5.14. The molecule has 1 heterocycles. The van der Waals surface area contributed by atoms with Gasteiger partial charge in [-0.15, -0.1) is 0 Å². The molecule has 6 atom stereocenters. The molecule has 6 nitrogen and oxygen atoms in total. The smallest absolute Gasteiger partial charge is 0.338 e. The van der Waals surface area contributed by atoms with Crippen molar-refractivity contribution in [3.63, 3.8) is 0 Å². The molecule has 166 valence electrons. The van der Waals surface area contributed by atoms with Crippen molar-refractivity contribution in [2.75, 3.05) is 11.5 Å². The maximum atomic E-state index is 13.2. The first-order chi connectivity index (χ1) is 15.9. The van der Waals surface area contributed by atoms with Gasteiger partial charge in [0.2, 0.25) is 11.8 Å². The van der Waals surface area contributed by atoms with Gasteiger partial charge in [-0.1, -0.05) is 23.8 Å². The monoisotopic (exact) mass is 461 g/mol. The quantitative estimate of drug-likeness (QED) is 0.291. The van der Waals surface area contributed by atoms with Crippen LogP contribution in [-0.2, 0) is 14.3 Å². The van der Waals surface area contributed by atoms with Gasteiger partial charge in [-0.25, -0.2) is 4.79 Å². The molecule has 0 unspecified atom stereocenters. The number of rotatable bonds is 5. The van der Waals surface area contributed by atoms with E-state index in [2.05, 4.69) is 12.2 Å². The summed E-state index contributed by atoms with van der Waals surface area (Å²) in [6, 6.07) is 12.5. The summed E-state index contributed by atoms with van der Waals surface area (Å²) in [4.78, 5) is 52.2. The zero-order valence-electron chi connectivity index (χ0n) is 17.5. The third-order valence-corrected chi connectivity index (χ3v) is 7.78. The number of allylic oxidation sites excluding steroid dienone is 2. The number of amides is 2. The topological polar surface area (TPSA) is 80.8 Å². The summed E-state index contributed by atoms with van der Waals surface area (Å²) in [5.74, 6) is -0.376. The van der Waals surface area contributed by atoms with E-state index in [4.69, 9.17) is 16.3 Å². The molecule has 1 aliphatic heterocycles. The second-order valence-corrected chi connectivity index (χ2v) is 9.66. The van der Waals surface area contributed by atoms with Crippen LogP contribution >= 0.6 is 11.6 Å². The molecule has 7 heteroatoms. The molecule has 5 aliphatic rings. The molecule has 33 heavy (non-hydrogen) atoms. The van der Waals surface area contributed by atoms with Gasteiger partial charge in [0.05, 0.1) is 23.1 Å². The summed E-state index contributed by atoms with van der Waals surface area (Å²) in [7, 11) is 0. The fourth-order valence-corrected chi connectivity index (χ4v) is 6.02. The molecule has 0 radical (unpaired) electrons. The maximum absolute atomic E-state index is 13.2. The summed E-state index contributed by atoms with van der Waals surface area (Å²) in [6.45, 7) is -0.396. The van der Waals surface area contributed by atoms with Crippen LogP contribution in [0.15, 0.2) is 60.7 Å². The largest absolute Gasteiger partial charge is 0.454 e. The van der Waals surface area contributed by atoms with Crippen molar-refractivity contribution in [1.29, 1.82) is 0 Å². The highest BCUT2D eigenvalue weighted by atomic mass is 35.5. The third kappa shape index (κ3) is 3.16. The van der Waals surface area contributed by atoms with Gasteiger partial charge in [-0.3, -0.25) is 19.3 Å². The minimum Gasteiger partial charge on any atom is -0.454 e. The van der Waals surface area contributed by atoms with Crippen molar-refractivity contribution < 1.29 is 23.9 Å². The number of hydrogen-bond acceptors (Lipinski definition) is 5. The summed E-state index contributed by atoms with van der Waals surface area (Å²) >= 11 is 5.82. The van der Waals surface area contributed by atoms with E-state index in [0.29, 0.717) is 28.1 Å². The van der Waals surface area contributed by atoms with Crippen molar-refractivity contribution in [2.24, 2.45) is 35.5 Å². The van der Waals surface area contributed by atoms with Gasteiger partial charge in [-0.05, 0) is 78.6 Å². The lowest BCUT2D eigenvalue weighted by atomic mass is 9.63. The Labute approximate surface area is 195 Å². The molecule has 2 aromatic rings. The normalized spacial score (nSPS) is 30.8. The van der Waals surface area contributed by atoms with Crippen LogP contribution in [0.25, 0.3) is 0 Å². The average Bonchev–Trinajstić information content (AvgIpc) is 3.61. The van der Waals surface area contributed by atoms with Gasteiger partial charge in [0.1, 0.15) is 0 Å². The highest BCUT2D eigenvalue weighted by Crippen LogP contribution is 2.65. The van der Waals surface area contributed by atoms with Crippen molar-refractivity contribution in [1.82, 2.24) is 0 Å². The maximum Gasteiger partial charge on any atom is 0.338 e. The fourth-order valence-electron chi connectivity index (χ4n) is 5.89.